The van der Waals surface area contributed by atoms with E-state index in [1.807, 2.05) is 71.8 Å². The van der Waals surface area contributed by atoms with E-state index in [4.69, 9.17) is 4.42 Å². The zero-order valence-corrected chi connectivity index (χ0v) is 16.5. The van der Waals surface area contributed by atoms with E-state index in [0.717, 1.165) is 28.7 Å². The van der Waals surface area contributed by atoms with Crippen molar-refractivity contribution in [2.75, 3.05) is 11.4 Å². The Morgan fingerprint density at radius 2 is 1.90 bits per heavy atom. The average Bonchev–Trinajstić information content (AvgIpc) is 3.45. The van der Waals surface area contributed by atoms with Crippen molar-refractivity contribution < 1.29 is 9.21 Å². The molecule has 1 aliphatic rings. The molecule has 5 rings (SSSR count). The first-order chi connectivity index (χ1) is 14.1. The van der Waals surface area contributed by atoms with Gasteiger partial charge in [0, 0.05) is 29.1 Å². The van der Waals surface area contributed by atoms with E-state index in [2.05, 4.69) is 16.3 Å². The molecule has 0 atom stereocenters. The van der Waals surface area contributed by atoms with Gasteiger partial charge in [0.2, 0.25) is 11.8 Å². The van der Waals surface area contributed by atoms with Crippen molar-refractivity contribution in [1.82, 2.24) is 14.8 Å². The first-order valence-corrected chi connectivity index (χ1v) is 9.92. The van der Waals surface area contributed by atoms with Crippen LogP contribution in [0.3, 0.4) is 0 Å². The summed E-state index contributed by atoms with van der Waals surface area (Å²) in [5.74, 6) is 1.24. The van der Waals surface area contributed by atoms with Gasteiger partial charge in [-0.15, -0.1) is 10.2 Å². The van der Waals surface area contributed by atoms with Crippen LogP contribution in [0.15, 0.2) is 59.0 Å². The molecule has 0 spiro atoms. The predicted molar refractivity (Wildman–Crippen MR) is 112 cm³/mol. The standard InChI is InChI=1S/C23H22N4O2/c1-15(2)22-24-25-23(29-22)20-13-17-8-4-6-10-19(17)27(20)14-21(28)26-12-11-16-7-3-5-9-18(16)26/h3-10,13,15H,11-12,14H2,1-2H3. The lowest BCUT2D eigenvalue weighted by Crippen LogP contribution is -2.32. The molecule has 3 heterocycles. The van der Waals surface area contributed by atoms with Crippen molar-refractivity contribution in [1.29, 1.82) is 0 Å². The molecule has 0 saturated carbocycles. The van der Waals surface area contributed by atoms with Gasteiger partial charge >= 0.3 is 0 Å². The Hall–Kier alpha value is -3.41. The quantitative estimate of drug-likeness (QED) is 0.521. The molecule has 29 heavy (non-hydrogen) atoms. The molecule has 146 valence electrons. The highest BCUT2D eigenvalue weighted by atomic mass is 16.4. The van der Waals surface area contributed by atoms with E-state index in [0.29, 0.717) is 18.3 Å². The summed E-state index contributed by atoms with van der Waals surface area (Å²) in [6.07, 6.45) is 0.891. The predicted octanol–water partition coefficient (Wildman–Crippen LogP) is 4.40. The minimum Gasteiger partial charge on any atom is -0.419 e. The third-order valence-corrected chi connectivity index (χ3v) is 5.45. The largest absolute Gasteiger partial charge is 0.419 e. The van der Waals surface area contributed by atoms with Crippen molar-refractivity contribution in [3.8, 4) is 11.6 Å². The zero-order valence-electron chi connectivity index (χ0n) is 16.5. The Bertz CT molecular complexity index is 1200. The van der Waals surface area contributed by atoms with Crippen molar-refractivity contribution in [3.63, 3.8) is 0 Å². The normalized spacial score (nSPS) is 13.4. The van der Waals surface area contributed by atoms with Gasteiger partial charge in [-0.2, -0.15) is 0 Å². The number of nitrogens with zero attached hydrogens (tertiary/aromatic N) is 4. The number of carbonyl (C=O) groups is 1. The number of rotatable bonds is 4. The number of benzene rings is 2. The zero-order chi connectivity index (χ0) is 20.0. The van der Waals surface area contributed by atoms with Gasteiger partial charge in [-0.1, -0.05) is 50.2 Å². The molecule has 0 unspecified atom stereocenters. The fraction of sp³-hybridized carbons (Fsp3) is 0.261. The van der Waals surface area contributed by atoms with Gasteiger partial charge in [-0.25, -0.2) is 0 Å². The molecule has 0 bridgehead atoms. The summed E-state index contributed by atoms with van der Waals surface area (Å²) >= 11 is 0. The lowest BCUT2D eigenvalue weighted by Gasteiger charge is -2.19. The molecule has 1 aliphatic heterocycles. The maximum absolute atomic E-state index is 13.3. The van der Waals surface area contributed by atoms with Crippen molar-refractivity contribution in [2.45, 2.75) is 32.7 Å². The van der Waals surface area contributed by atoms with Gasteiger partial charge in [0.1, 0.15) is 12.2 Å². The molecule has 2 aromatic carbocycles. The Labute approximate surface area is 168 Å². The van der Waals surface area contributed by atoms with Crippen LogP contribution in [0.5, 0.6) is 0 Å². The number of aromatic nitrogens is 3. The number of carbonyl (C=O) groups excluding carboxylic acids is 1. The number of anilines is 1. The molecular weight excluding hydrogens is 364 g/mol. The second kappa shape index (κ2) is 6.88. The summed E-state index contributed by atoms with van der Waals surface area (Å²) in [5, 5.41) is 9.45. The average molecular weight is 386 g/mol. The first kappa shape index (κ1) is 17.7. The summed E-state index contributed by atoms with van der Waals surface area (Å²) in [4.78, 5) is 15.1. The van der Waals surface area contributed by atoms with Crippen LogP contribution in [0.25, 0.3) is 22.5 Å². The van der Waals surface area contributed by atoms with Gasteiger partial charge in [0.15, 0.2) is 0 Å². The van der Waals surface area contributed by atoms with E-state index in [9.17, 15) is 4.79 Å². The highest BCUT2D eigenvalue weighted by Gasteiger charge is 2.26. The van der Waals surface area contributed by atoms with Crippen molar-refractivity contribution in [3.05, 3.63) is 66.1 Å². The topological polar surface area (TPSA) is 64.2 Å². The number of hydrogen-bond donors (Lipinski definition) is 0. The summed E-state index contributed by atoms with van der Waals surface area (Å²) in [7, 11) is 0. The molecular formula is C23H22N4O2. The van der Waals surface area contributed by atoms with Gasteiger partial charge < -0.3 is 13.9 Å². The van der Waals surface area contributed by atoms with Crippen LogP contribution in [0, 0.1) is 0 Å². The van der Waals surface area contributed by atoms with Crippen LogP contribution in [0.1, 0.15) is 31.2 Å². The number of amides is 1. The highest BCUT2D eigenvalue weighted by molar-refractivity contribution is 5.97. The Kier molecular flexibility index (Phi) is 4.19. The molecule has 4 aromatic rings. The second-order valence-corrected chi connectivity index (χ2v) is 7.70. The van der Waals surface area contributed by atoms with Crippen LogP contribution in [-0.4, -0.2) is 27.2 Å². The molecule has 6 heteroatoms. The molecule has 0 aliphatic carbocycles. The third kappa shape index (κ3) is 3.01. The SMILES string of the molecule is CC(C)c1nnc(-c2cc3ccccc3n2CC(=O)N2CCc3ccccc32)o1. The summed E-state index contributed by atoms with van der Waals surface area (Å²) < 4.78 is 7.88. The second-order valence-electron chi connectivity index (χ2n) is 7.70. The molecule has 0 saturated heterocycles. The van der Waals surface area contributed by atoms with Crippen LogP contribution in [0.2, 0.25) is 0 Å². The van der Waals surface area contributed by atoms with E-state index in [-0.39, 0.29) is 18.4 Å². The van der Waals surface area contributed by atoms with Crippen molar-refractivity contribution in [2.24, 2.45) is 0 Å². The number of para-hydroxylation sites is 2. The van der Waals surface area contributed by atoms with Crippen LogP contribution < -0.4 is 4.90 Å². The Balaban J connectivity index is 1.55. The minimum absolute atomic E-state index is 0.0566. The van der Waals surface area contributed by atoms with E-state index < -0.39 is 0 Å². The van der Waals surface area contributed by atoms with Gasteiger partial charge in [0.05, 0.1) is 0 Å². The van der Waals surface area contributed by atoms with Gasteiger partial charge in [-0.3, -0.25) is 4.79 Å². The molecule has 0 radical (unpaired) electrons. The third-order valence-electron chi connectivity index (χ3n) is 5.45. The maximum Gasteiger partial charge on any atom is 0.264 e. The Morgan fingerprint density at radius 3 is 2.72 bits per heavy atom. The lowest BCUT2D eigenvalue weighted by atomic mass is 10.2. The fourth-order valence-electron chi connectivity index (χ4n) is 3.95. The number of fused-ring (bicyclic) bond motifs is 2. The van der Waals surface area contributed by atoms with E-state index in [1.165, 1.54) is 5.56 Å². The van der Waals surface area contributed by atoms with E-state index >= 15 is 0 Å². The summed E-state index contributed by atoms with van der Waals surface area (Å²) in [6, 6.07) is 18.1. The monoisotopic (exact) mass is 386 g/mol. The molecule has 0 N–H and O–H groups in total. The van der Waals surface area contributed by atoms with Crippen LogP contribution in [0.4, 0.5) is 5.69 Å². The number of hydrogen-bond acceptors (Lipinski definition) is 4. The maximum atomic E-state index is 13.3. The van der Waals surface area contributed by atoms with Gasteiger partial charge in [-0.05, 0) is 30.2 Å². The summed E-state index contributed by atoms with van der Waals surface area (Å²) in [6.45, 7) is 4.96. The highest BCUT2D eigenvalue weighted by Crippen LogP contribution is 2.31. The summed E-state index contributed by atoms with van der Waals surface area (Å²) in [5.41, 5.74) is 3.98. The van der Waals surface area contributed by atoms with Crippen molar-refractivity contribution >= 4 is 22.5 Å². The molecule has 0 fully saturated rings. The molecule has 1 amide bonds. The minimum atomic E-state index is 0.0566. The smallest absolute Gasteiger partial charge is 0.264 e. The fourth-order valence-corrected chi connectivity index (χ4v) is 3.95. The van der Waals surface area contributed by atoms with Crippen LogP contribution >= 0.6 is 0 Å². The van der Waals surface area contributed by atoms with Gasteiger partial charge in [0.25, 0.3) is 5.89 Å². The molecule has 2 aromatic heterocycles. The van der Waals surface area contributed by atoms with E-state index in [1.54, 1.807) is 0 Å². The molecule has 6 nitrogen and oxygen atoms in total. The Morgan fingerprint density at radius 1 is 1.10 bits per heavy atom. The van der Waals surface area contributed by atoms with Crippen LogP contribution in [-0.2, 0) is 17.8 Å². The first-order valence-electron chi connectivity index (χ1n) is 9.92. The lowest BCUT2D eigenvalue weighted by molar-refractivity contribution is -0.119.